The summed E-state index contributed by atoms with van der Waals surface area (Å²) in [6.07, 6.45) is 26.4. The van der Waals surface area contributed by atoms with Crippen LogP contribution < -0.4 is 0 Å². The Morgan fingerprint density at radius 2 is 1.05 bits per heavy atom. The van der Waals surface area contributed by atoms with Crippen LogP contribution in [0, 0.1) is 17.8 Å². The SMILES string of the molecule is CCC/C=C\CCCCCCCC(=O)OCC(COC(=O)CCCCCCC/C=C\CC(C)C)OC(=O)CC(C)C(C)CC. The monoisotopic (exact) mass is 621 g/mol. The third-order valence-corrected chi connectivity index (χ3v) is 8.16. The fourth-order valence-electron chi connectivity index (χ4n) is 4.75. The highest BCUT2D eigenvalue weighted by Gasteiger charge is 2.22. The van der Waals surface area contributed by atoms with Gasteiger partial charge in [-0.25, -0.2) is 0 Å². The molecule has 0 N–H and O–H groups in total. The molecule has 0 aromatic rings. The van der Waals surface area contributed by atoms with Gasteiger partial charge in [0.25, 0.3) is 0 Å². The second-order valence-electron chi connectivity index (χ2n) is 13.0. The molecular formula is C38H68O6. The minimum absolute atomic E-state index is 0.0920. The zero-order valence-electron chi connectivity index (χ0n) is 29.4. The summed E-state index contributed by atoms with van der Waals surface area (Å²) in [6.45, 7) is 12.7. The van der Waals surface area contributed by atoms with Crippen LogP contribution >= 0.6 is 0 Å². The number of allylic oxidation sites excluding steroid dienone is 4. The predicted octanol–water partition coefficient (Wildman–Crippen LogP) is 10.5. The average Bonchev–Trinajstić information content (AvgIpc) is 2.99. The normalized spacial score (nSPS) is 13.8. The minimum Gasteiger partial charge on any atom is -0.462 e. The average molecular weight is 621 g/mol. The summed E-state index contributed by atoms with van der Waals surface area (Å²) >= 11 is 0. The molecule has 0 saturated carbocycles. The van der Waals surface area contributed by atoms with Crippen molar-refractivity contribution in [1.29, 1.82) is 0 Å². The first-order chi connectivity index (χ1) is 21.2. The molecule has 6 heteroatoms. The van der Waals surface area contributed by atoms with Crippen molar-refractivity contribution in [1.82, 2.24) is 0 Å². The van der Waals surface area contributed by atoms with E-state index in [9.17, 15) is 14.4 Å². The number of hydrogen-bond acceptors (Lipinski definition) is 6. The van der Waals surface area contributed by atoms with Crippen LogP contribution in [-0.2, 0) is 28.6 Å². The summed E-state index contributed by atoms with van der Waals surface area (Å²) in [5, 5.41) is 0. The summed E-state index contributed by atoms with van der Waals surface area (Å²) in [4.78, 5) is 37.3. The number of carbonyl (C=O) groups is 3. The maximum absolute atomic E-state index is 12.6. The van der Waals surface area contributed by atoms with Crippen LogP contribution in [0.25, 0.3) is 0 Å². The molecular weight excluding hydrogens is 552 g/mol. The molecule has 256 valence electrons. The molecule has 0 heterocycles. The van der Waals surface area contributed by atoms with E-state index < -0.39 is 6.10 Å². The summed E-state index contributed by atoms with van der Waals surface area (Å²) in [5.41, 5.74) is 0. The second kappa shape index (κ2) is 29.6. The summed E-state index contributed by atoms with van der Waals surface area (Å²) in [5.74, 6) is 0.334. The zero-order valence-corrected chi connectivity index (χ0v) is 29.4. The molecule has 0 aliphatic carbocycles. The smallest absolute Gasteiger partial charge is 0.306 e. The van der Waals surface area contributed by atoms with Gasteiger partial charge in [0.05, 0.1) is 0 Å². The Hall–Kier alpha value is -2.11. The number of hydrogen-bond donors (Lipinski definition) is 0. The molecule has 44 heavy (non-hydrogen) atoms. The van der Waals surface area contributed by atoms with E-state index in [0.29, 0.717) is 24.7 Å². The van der Waals surface area contributed by atoms with E-state index >= 15 is 0 Å². The maximum atomic E-state index is 12.6. The molecule has 6 nitrogen and oxygen atoms in total. The van der Waals surface area contributed by atoms with E-state index in [0.717, 1.165) is 77.0 Å². The van der Waals surface area contributed by atoms with Gasteiger partial charge in [-0.3, -0.25) is 14.4 Å². The van der Waals surface area contributed by atoms with Crippen LogP contribution in [0.5, 0.6) is 0 Å². The molecule has 0 aliphatic heterocycles. The quantitative estimate of drug-likeness (QED) is 0.0358. The standard InChI is InChI=1S/C38H68O6/c1-7-9-10-11-12-13-14-18-21-24-27-36(39)42-30-35(44-38(41)29-34(6)33(5)8-2)31-43-37(40)28-25-22-19-16-15-17-20-23-26-32(3)4/h10-11,20,23,32-35H,7-9,12-19,21-22,24-31H2,1-6H3/b11-10-,23-20-. The van der Waals surface area contributed by atoms with Gasteiger partial charge in [-0.05, 0) is 69.1 Å². The lowest BCUT2D eigenvalue weighted by molar-refractivity contribution is -0.167. The van der Waals surface area contributed by atoms with E-state index in [2.05, 4.69) is 58.9 Å². The first-order valence-electron chi connectivity index (χ1n) is 18.0. The molecule has 0 rings (SSSR count). The molecule has 0 aromatic heterocycles. The predicted molar refractivity (Wildman–Crippen MR) is 182 cm³/mol. The lowest BCUT2D eigenvalue weighted by Gasteiger charge is -2.21. The Morgan fingerprint density at radius 1 is 0.568 bits per heavy atom. The number of esters is 3. The van der Waals surface area contributed by atoms with E-state index in [1.54, 1.807) is 0 Å². The number of carbonyl (C=O) groups excluding carboxylic acids is 3. The van der Waals surface area contributed by atoms with Crippen LogP contribution in [0.2, 0.25) is 0 Å². The largest absolute Gasteiger partial charge is 0.462 e. The van der Waals surface area contributed by atoms with Gasteiger partial charge in [0, 0.05) is 19.3 Å². The van der Waals surface area contributed by atoms with E-state index in [-0.39, 0.29) is 43.5 Å². The van der Waals surface area contributed by atoms with Crippen LogP contribution in [0.3, 0.4) is 0 Å². The summed E-state index contributed by atoms with van der Waals surface area (Å²) in [6, 6.07) is 0. The Bertz CT molecular complexity index is 771. The van der Waals surface area contributed by atoms with Gasteiger partial charge in [0.1, 0.15) is 13.2 Å². The highest BCUT2D eigenvalue weighted by atomic mass is 16.6. The molecule has 3 atom stereocenters. The zero-order chi connectivity index (χ0) is 32.8. The Balaban J connectivity index is 4.41. The molecule has 0 aliphatic rings. The number of ether oxygens (including phenoxy) is 3. The van der Waals surface area contributed by atoms with Crippen molar-refractivity contribution in [2.24, 2.45) is 17.8 Å². The van der Waals surface area contributed by atoms with Gasteiger partial charge >= 0.3 is 17.9 Å². The topological polar surface area (TPSA) is 78.9 Å². The highest BCUT2D eigenvalue weighted by molar-refractivity contribution is 5.71. The van der Waals surface area contributed by atoms with Crippen LogP contribution in [0.4, 0.5) is 0 Å². The van der Waals surface area contributed by atoms with Crippen molar-refractivity contribution in [3.63, 3.8) is 0 Å². The van der Waals surface area contributed by atoms with Gasteiger partial charge in [-0.2, -0.15) is 0 Å². The van der Waals surface area contributed by atoms with E-state index in [4.69, 9.17) is 14.2 Å². The molecule has 0 bridgehead atoms. The molecule has 0 spiro atoms. The minimum atomic E-state index is -0.788. The van der Waals surface area contributed by atoms with Crippen molar-refractivity contribution in [3.8, 4) is 0 Å². The molecule has 0 aromatic carbocycles. The summed E-state index contributed by atoms with van der Waals surface area (Å²) < 4.78 is 16.5. The third-order valence-electron chi connectivity index (χ3n) is 8.16. The fraction of sp³-hybridized carbons (Fsp3) is 0.816. The van der Waals surface area contributed by atoms with Crippen molar-refractivity contribution in [2.45, 2.75) is 170 Å². The van der Waals surface area contributed by atoms with Crippen molar-refractivity contribution < 1.29 is 28.6 Å². The van der Waals surface area contributed by atoms with Gasteiger partial charge in [0.15, 0.2) is 6.10 Å². The molecule has 0 amide bonds. The van der Waals surface area contributed by atoms with Gasteiger partial charge in [-0.1, -0.05) is 117 Å². The molecule has 0 saturated heterocycles. The van der Waals surface area contributed by atoms with E-state index in [1.807, 2.05) is 6.92 Å². The van der Waals surface area contributed by atoms with Crippen LogP contribution in [0.1, 0.15) is 164 Å². The van der Waals surface area contributed by atoms with Gasteiger partial charge in [-0.15, -0.1) is 0 Å². The maximum Gasteiger partial charge on any atom is 0.306 e. The lowest BCUT2D eigenvalue weighted by atomic mass is 9.91. The molecule has 3 unspecified atom stereocenters. The van der Waals surface area contributed by atoms with Gasteiger partial charge in [0.2, 0.25) is 0 Å². The van der Waals surface area contributed by atoms with Crippen LogP contribution in [0.15, 0.2) is 24.3 Å². The third kappa shape index (κ3) is 27.4. The second-order valence-corrected chi connectivity index (χ2v) is 13.0. The van der Waals surface area contributed by atoms with Crippen molar-refractivity contribution in [3.05, 3.63) is 24.3 Å². The Labute approximate surface area is 271 Å². The first kappa shape index (κ1) is 41.9. The highest BCUT2D eigenvalue weighted by Crippen LogP contribution is 2.19. The fourth-order valence-corrected chi connectivity index (χ4v) is 4.75. The first-order valence-corrected chi connectivity index (χ1v) is 18.0. The number of rotatable bonds is 29. The Morgan fingerprint density at radius 3 is 1.55 bits per heavy atom. The summed E-state index contributed by atoms with van der Waals surface area (Å²) in [7, 11) is 0. The Kier molecular flexibility index (Phi) is 28.2. The molecule has 0 radical (unpaired) electrons. The van der Waals surface area contributed by atoms with Crippen molar-refractivity contribution in [2.75, 3.05) is 13.2 Å². The molecule has 0 fully saturated rings. The van der Waals surface area contributed by atoms with E-state index in [1.165, 1.54) is 25.7 Å². The number of unbranched alkanes of at least 4 members (excludes halogenated alkanes) is 11. The van der Waals surface area contributed by atoms with Gasteiger partial charge < -0.3 is 14.2 Å². The lowest BCUT2D eigenvalue weighted by Crippen LogP contribution is -2.31. The van der Waals surface area contributed by atoms with Crippen LogP contribution in [-0.4, -0.2) is 37.2 Å². The van der Waals surface area contributed by atoms with Crippen molar-refractivity contribution >= 4 is 17.9 Å².